The van der Waals surface area contributed by atoms with Gasteiger partial charge in [-0.05, 0) is 36.6 Å². The lowest BCUT2D eigenvalue weighted by Gasteiger charge is -2.18. The van der Waals surface area contributed by atoms with E-state index in [9.17, 15) is 5.11 Å². The summed E-state index contributed by atoms with van der Waals surface area (Å²) in [4.78, 5) is 9.68. The molecule has 0 atom stereocenters. The molecule has 0 saturated heterocycles. The van der Waals surface area contributed by atoms with Crippen molar-refractivity contribution in [2.24, 2.45) is 0 Å². The Morgan fingerprint density at radius 3 is 2.38 bits per heavy atom. The van der Waals surface area contributed by atoms with Crippen LogP contribution in [0, 0.1) is 0 Å². The fraction of sp³-hybridized carbons (Fsp3) is 0.391. The van der Waals surface area contributed by atoms with Crippen molar-refractivity contribution in [2.45, 2.75) is 52.4 Å². The van der Waals surface area contributed by atoms with Crippen LogP contribution in [-0.4, -0.2) is 22.2 Å². The molecule has 152 valence electrons. The number of hydrogen-bond donors (Lipinski definition) is 1. The van der Waals surface area contributed by atoms with Crippen LogP contribution in [0.4, 0.5) is 0 Å². The highest BCUT2D eigenvalue weighted by Gasteiger charge is 2.23. The minimum Gasteiger partial charge on any atom is -0.507 e. The van der Waals surface area contributed by atoms with Gasteiger partial charge in [0.15, 0.2) is 0 Å². The molecular weight excluding hydrogens is 400 g/mol. The van der Waals surface area contributed by atoms with E-state index in [2.05, 4.69) is 46.8 Å². The van der Waals surface area contributed by atoms with E-state index in [1.165, 1.54) is 9.71 Å². The Labute approximate surface area is 179 Å². The number of ether oxygens (including phenoxy) is 1. The van der Waals surface area contributed by atoms with Crippen LogP contribution in [0.2, 0.25) is 0 Å². The first-order chi connectivity index (χ1) is 13.7. The smallest absolute Gasteiger partial charge is 0.128 e. The van der Waals surface area contributed by atoms with Crippen molar-refractivity contribution in [2.75, 3.05) is 7.11 Å². The van der Waals surface area contributed by atoms with E-state index in [-0.39, 0.29) is 17.1 Å². The molecule has 0 spiro atoms. The number of aromatic nitrogens is 2. The average Bonchev–Trinajstić information content (AvgIpc) is 3.28. The van der Waals surface area contributed by atoms with Gasteiger partial charge >= 0.3 is 0 Å². The summed E-state index contributed by atoms with van der Waals surface area (Å²) in [5.74, 6) is 1.28. The summed E-state index contributed by atoms with van der Waals surface area (Å²) in [5, 5.41) is 12.6. The molecule has 0 unspecified atom stereocenters. The Bertz CT molecular complexity index is 1150. The van der Waals surface area contributed by atoms with Gasteiger partial charge in [-0.2, -0.15) is 0 Å². The Morgan fingerprint density at radius 2 is 1.72 bits per heavy atom. The predicted octanol–water partition coefficient (Wildman–Crippen LogP) is 7.10. The van der Waals surface area contributed by atoms with Crippen LogP contribution in [-0.2, 0) is 5.41 Å². The van der Waals surface area contributed by atoms with E-state index in [4.69, 9.17) is 14.7 Å². The van der Waals surface area contributed by atoms with E-state index in [1.54, 1.807) is 35.8 Å². The molecule has 4 aromatic rings. The highest BCUT2D eigenvalue weighted by Crippen LogP contribution is 2.42. The number of fused-ring (bicyclic) bond motifs is 2. The van der Waals surface area contributed by atoms with E-state index in [0.29, 0.717) is 5.56 Å². The number of thiazole rings is 2. The normalized spacial score (nSPS) is 12.4. The van der Waals surface area contributed by atoms with Crippen LogP contribution in [0.15, 0.2) is 24.3 Å². The molecule has 2 heterocycles. The summed E-state index contributed by atoms with van der Waals surface area (Å²) >= 11 is 3.35. The molecule has 29 heavy (non-hydrogen) atoms. The number of phenols is 1. The minimum absolute atomic E-state index is 0.0796. The van der Waals surface area contributed by atoms with E-state index < -0.39 is 0 Å². The third-order valence-corrected chi connectivity index (χ3v) is 8.00. The van der Waals surface area contributed by atoms with Gasteiger partial charge in [-0.3, -0.25) is 0 Å². The zero-order chi connectivity index (χ0) is 20.9. The summed E-state index contributed by atoms with van der Waals surface area (Å²) in [6, 6.07) is 7.93. The van der Waals surface area contributed by atoms with Crippen molar-refractivity contribution in [1.29, 1.82) is 0 Å². The monoisotopic (exact) mass is 426 g/mol. The van der Waals surface area contributed by atoms with Crippen molar-refractivity contribution in [3.8, 4) is 22.1 Å². The van der Waals surface area contributed by atoms with Gasteiger partial charge in [-0.25, -0.2) is 9.97 Å². The second-order valence-electron chi connectivity index (χ2n) is 8.33. The van der Waals surface area contributed by atoms with Crippen LogP contribution in [0.25, 0.3) is 31.0 Å². The number of benzene rings is 2. The first kappa shape index (κ1) is 20.1. The molecule has 0 amide bonds. The zero-order valence-corrected chi connectivity index (χ0v) is 19.3. The molecule has 2 aromatic heterocycles. The summed E-state index contributed by atoms with van der Waals surface area (Å²) in [6.07, 6.45) is 1.05. The highest BCUT2D eigenvalue weighted by molar-refractivity contribution is 7.22. The number of methoxy groups -OCH3 is 1. The Morgan fingerprint density at radius 1 is 1.03 bits per heavy atom. The summed E-state index contributed by atoms with van der Waals surface area (Å²) in [5.41, 5.74) is 3.68. The van der Waals surface area contributed by atoms with Crippen LogP contribution in [0.5, 0.6) is 11.5 Å². The molecule has 6 heteroatoms. The first-order valence-electron chi connectivity index (χ1n) is 9.86. The fourth-order valence-corrected chi connectivity index (χ4v) is 5.53. The number of phenolic OH excluding ortho intramolecular Hbond substituents is 1. The molecule has 2 aromatic carbocycles. The topological polar surface area (TPSA) is 55.2 Å². The van der Waals surface area contributed by atoms with Crippen molar-refractivity contribution in [3.05, 3.63) is 34.8 Å². The van der Waals surface area contributed by atoms with Crippen LogP contribution < -0.4 is 4.74 Å². The zero-order valence-electron chi connectivity index (χ0n) is 17.7. The van der Waals surface area contributed by atoms with Crippen molar-refractivity contribution >= 4 is 43.1 Å². The van der Waals surface area contributed by atoms with Crippen LogP contribution in [0.3, 0.4) is 0 Å². The summed E-state index contributed by atoms with van der Waals surface area (Å²) in [7, 11) is 1.66. The lowest BCUT2D eigenvalue weighted by molar-refractivity contribution is 0.405. The molecule has 0 fully saturated rings. The molecule has 0 aliphatic rings. The van der Waals surface area contributed by atoms with Gasteiger partial charge < -0.3 is 9.84 Å². The van der Waals surface area contributed by atoms with Crippen molar-refractivity contribution < 1.29 is 9.84 Å². The summed E-state index contributed by atoms with van der Waals surface area (Å²) in [6.45, 7) is 10.8. The van der Waals surface area contributed by atoms with Gasteiger partial charge in [0.2, 0.25) is 0 Å². The van der Waals surface area contributed by atoms with Gasteiger partial charge in [0.1, 0.15) is 16.5 Å². The molecule has 0 aliphatic carbocycles. The maximum Gasteiger partial charge on any atom is 0.128 e. The SMILES string of the molecule is CCC(C)(C)c1nc2cc3nc(-c4cc(OC)c(C(C)C)cc4O)sc3cc2s1. The quantitative estimate of drug-likeness (QED) is 0.370. The van der Waals surface area contributed by atoms with Crippen molar-refractivity contribution in [3.63, 3.8) is 0 Å². The number of rotatable bonds is 5. The van der Waals surface area contributed by atoms with E-state index >= 15 is 0 Å². The Balaban J connectivity index is 1.82. The molecule has 1 N–H and O–H groups in total. The molecule has 4 rings (SSSR count). The van der Waals surface area contributed by atoms with E-state index in [1.807, 2.05) is 6.07 Å². The minimum atomic E-state index is 0.0796. The van der Waals surface area contributed by atoms with Gasteiger partial charge in [-0.15, -0.1) is 22.7 Å². The largest absolute Gasteiger partial charge is 0.507 e. The number of hydrogen-bond acceptors (Lipinski definition) is 6. The maximum atomic E-state index is 10.6. The number of aromatic hydroxyl groups is 1. The Kier molecular flexibility index (Phi) is 5.03. The lowest BCUT2D eigenvalue weighted by Crippen LogP contribution is -2.14. The standard InChI is InChI=1S/C23H26N2O2S2/c1-7-23(4,5)22-25-16-10-15-19(11-20(16)29-22)28-21(24-15)14-9-18(27-6)13(12(2)3)8-17(14)26/h8-12,26H,7H2,1-6H3. The highest BCUT2D eigenvalue weighted by atomic mass is 32.1. The van der Waals surface area contributed by atoms with Gasteiger partial charge in [0, 0.05) is 11.0 Å². The van der Waals surface area contributed by atoms with Crippen molar-refractivity contribution in [1.82, 2.24) is 9.97 Å². The predicted molar refractivity (Wildman–Crippen MR) is 124 cm³/mol. The second-order valence-corrected chi connectivity index (χ2v) is 10.4. The van der Waals surface area contributed by atoms with Gasteiger partial charge in [-0.1, -0.05) is 34.6 Å². The molecule has 4 nitrogen and oxygen atoms in total. The molecule has 0 radical (unpaired) electrons. The molecule has 0 aliphatic heterocycles. The Hall–Kier alpha value is -2.18. The molecule has 0 bridgehead atoms. The molecular formula is C23H26N2O2S2. The van der Waals surface area contributed by atoms with E-state index in [0.717, 1.165) is 38.5 Å². The van der Waals surface area contributed by atoms with Gasteiger partial charge in [0.25, 0.3) is 0 Å². The molecule has 0 saturated carbocycles. The third-order valence-electron chi connectivity index (χ3n) is 5.56. The third kappa shape index (κ3) is 3.49. The maximum absolute atomic E-state index is 10.6. The van der Waals surface area contributed by atoms with Gasteiger partial charge in [0.05, 0.1) is 38.1 Å². The first-order valence-corrected chi connectivity index (χ1v) is 11.5. The second kappa shape index (κ2) is 7.26. The average molecular weight is 427 g/mol. The fourth-order valence-electron chi connectivity index (χ4n) is 3.29. The van der Waals surface area contributed by atoms with Crippen LogP contribution in [0.1, 0.15) is 57.5 Å². The number of nitrogens with zero attached hydrogens (tertiary/aromatic N) is 2. The lowest BCUT2D eigenvalue weighted by atomic mass is 9.91. The summed E-state index contributed by atoms with van der Waals surface area (Å²) < 4.78 is 7.84. The van der Waals surface area contributed by atoms with Crippen LogP contribution >= 0.6 is 22.7 Å².